The maximum Gasteiger partial charge on any atom is 0.497 e. The van der Waals surface area contributed by atoms with E-state index in [0.717, 1.165) is 16.5 Å². The Bertz CT molecular complexity index is 870. The SMILES string of the molecule is CC(C)[Si](C(C)C)(C(C)C)n1ccc2c(Cl)c(B3OC(C)(C)C(C)(C)O3)cnc21. The van der Waals surface area contributed by atoms with Gasteiger partial charge in [0.2, 0.25) is 0 Å². The van der Waals surface area contributed by atoms with Crippen molar-refractivity contribution >= 4 is 43.5 Å². The normalized spacial score (nSPS) is 19.3. The lowest BCUT2D eigenvalue weighted by Gasteiger charge is -2.44. The van der Waals surface area contributed by atoms with Crippen LogP contribution in [0.3, 0.4) is 0 Å². The van der Waals surface area contributed by atoms with Crippen LogP contribution in [0.2, 0.25) is 21.6 Å². The van der Waals surface area contributed by atoms with Crippen LogP contribution < -0.4 is 5.46 Å². The fourth-order valence-electron chi connectivity index (χ4n) is 5.35. The molecule has 0 spiro atoms. The quantitative estimate of drug-likeness (QED) is 0.540. The predicted molar refractivity (Wildman–Crippen MR) is 127 cm³/mol. The Morgan fingerprint density at radius 2 is 1.45 bits per heavy atom. The summed E-state index contributed by atoms with van der Waals surface area (Å²) in [5.74, 6) is 0. The molecule has 0 amide bonds. The molecule has 7 heteroatoms. The van der Waals surface area contributed by atoms with E-state index in [9.17, 15) is 0 Å². The summed E-state index contributed by atoms with van der Waals surface area (Å²) in [7, 11) is -2.41. The van der Waals surface area contributed by atoms with Crippen LogP contribution in [0.25, 0.3) is 11.0 Å². The van der Waals surface area contributed by atoms with Gasteiger partial charge in [-0.2, -0.15) is 0 Å². The lowest BCUT2D eigenvalue weighted by molar-refractivity contribution is 0.00578. The van der Waals surface area contributed by atoms with E-state index >= 15 is 0 Å². The highest BCUT2D eigenvalue weighted by Gasteiger charge is 2.53. The summed E-state index contributed by atoms with van der Waals surface area (Å²) in [6.45, 7) is 22.4. The molecule has 29 heavy (non-hydrogen) atoms. The van der Waals surface area contributed by atoms with E-state index in [1.54, 1.807) is 0 Å². The van der Waals surface area contributed by atoms with Crippen molar-refractivity contribution in [1.29, 1.82) is 0 Å². The Hall–Kier alpha value is -0.818. The van der Waals surface area contributed by atoms with Gasteiger partial charge >= 0.3 is 7.12 Å². The summed E-state index contributed by atoms with van der Waals surface area (Å²) in [5.41, 5.74) is 2.73. The molecule has 1 fully saturated rings. The molecular formula is C22H36BClN2O2Si. The molecule has 0 N–H and O–H groups in total. The average Bonchev–Trinajstić information content (AvgIpc) is 3.07. The van der Waals surface area contributed by atoms with Crippen LogP contribution in [0.15, 0.2) is 18.5 Å². The molecule has 2 aromatic heterocycles. The molecule has 0 saturated carbocycles. The largest absolute Gasteiger partial charge is 0.497 e. The first-order valence-electron chi connectivity index (χ1n) is 10.8. The monoisotopic (exact) mass is 434 g/mol. The van der Waals surface area contributed by atoms with E-state index in [1.807, 2.05) is 6.20 Å². The molecule has 4 nitrogen and oxygen atoms in total. The fourth-order valence-corrected chi connectivity index (χ4v) is 12.2. The average molecular weight is 435 g/mol. The van der Waals surface area contributed by atoms with Crippen molar-refractivity contribution < 1.29 is 9.31 Å². The van der Waals surface area contributed by atoms with Gasteiger partial charge in [0.15, 0.2) is 8.24 Å². The molecule has 0 unspecified atom stereocenters. The van der Waals surface area contributed by atoms with Gasteiger partial charge in [-0.3, -0.25) is 0 Å². The summed E-state index contributed by atoms with van der Waals surface area (Å²) in [6, 6.07) is 2.12. The predicted octanol–water partition coefficient (Wildman–Crippen LogP) is 6.01. The van der Waals surface area contributed by atoms with Crippen molar-refractivity contribution in [3.8, 4) is 0 Å². The van der Waals surface area contributed by atoms with Gasteiger partial charge in [-0.1, -0.05) is 53.1 Å². The first-order chi connectivity index (χ1) is 13.3. The van der Waals surface area contributed by atoms with E-state index in [-0.39, 0.29) is 0 Å². The molecule has 1 saturated heterocycles. The fraction of sp³-hybridized carbons (Fsp3) is 0.682. The van der Waals surface area contributed by atoms with Gasteiger partial charge in [0.25, 0.3) is 0 Å². The second kappa shape index (κ2) is 7.40. The van der Waals surface area contributed by atoms with Crippen LogP contribution in [0.4, 0.5) is 0 Å². The van der Waals surface area contributed by atoms with Crippen molar-refractivity contribution in [1.82, 2.24) is 9.22 Å². The molecule has 1 aliphatic rings. The van der Waals surface area contributed by atoms with Gasteiger partial charge in [0.1, 0.15) is 5.65 Å². The van der Waals surface area contributed by atoms with Crippen LogP contribution in [0, 0.1) is 0 Å². The Labute approximate surface area is 182 Å². The zero-order valence-electron chi connectivity index (χ0n) is 19.6. The number of nitrogens with zero attached hydrogens (tertiary/aromatic N) is 2. The number of fused-ring (bicyclic) bond motifs is 1. The Morgan fingerprint density at radius 1 is 0.966 bits per heavy atom. The highest BCUT2D eigenvalue weighted by atomic mass is 35.5. The zero-order chi connectivity index (χ0) is 21.9. The smallest absolute Gasteiger partial charge is 0.399 e. The molecule has 0 bridgehead atoms. The van der Waals surface area contributed by atoms with E-state index in [0.29, 0.717) is 21.6 Å². The minimum atomic E-state index is -1.90. The number of aromatic nitrogens is 2. The van der Waals surface area contributed by atoms with Gasteiger partial charge in [0.05, 0.1) is 16.2 Å². The molecule has 3 heterocycles. The minimum Gasteiger partial charge on any atom is -0.399 e. The van der Waals surface area contributed by atoms with Crippen LogP contribution in [-0.2, 0) is 9.31 Å². The van der Waals surface area contributed by atoms with Crippen molar-refractivity contribution in [2.24, 2.45) is 0 Å². The summed E-state index contributed by atoms with van der Waals surface area (Å²) < 4.78 is 14.9. The molecule has 3 rings (SSSR count). The van der Waals surface area contributed by atoms with Crippen molar-refractivity contribution in [2.75, 3.05) is 0 Å². The van der Waals surface area contributed by atoms with Crippen LogP contribution in [0.5, 0.6) is 0 Å². The maximum atomic E-state index is 6.91. The Kier molecular flexibility index (Phi) is 5.83. The van der Waals surface area contributed by atoms with E-state index in [2.05, 4.69) is 85.7 Å². The number of rotatable bonds is 5. The molecular weight excluding hydrogens is 399 g/mol. The van der Waals surface area contributed by atoms with Gasteiger partial charge < -0.3 is 13.5 Å². The second-order valence-corrected chi connectivity index (χ2v) is 16.5. The number of hydrogen-bond donors (Lipinski definition) is 0. The van der Waals surface area contributed by atoms with E-state index < -0.39 is 26.6 Å². The highest BCUT2D eigenvalue weighted by Crippen LogP contribution is 2.44. The third-order valence-corrected chi connectivity index (χ3v) is 14.5. The molecule has 0 radical (unpaired) electrons. The van der Waals surface area contributed by atoms with Crippen LogP contribution >= 0.6 is 11.6 Å². The Morgan fingerprint density at radius 3 is 1.90 bits per heavy atom. The summed E-state index contributed by atoms with van der Waals surface area (Å²) >= 11 is 6.91. The van der Waals surface area contributed by atoms with E-state index in [1.165, 1.54) is 0 Å². The minimum absolute atomic E-state index is 0.406. The van der Waals surface area contributed by atoms with Crippen LogP contribution in [0.1, 0.15) is 69.2 Å². The molecule has 0 aliphatic carbocycles. The molecule has 160 valence electrons. The molecule has 1 aliphatic heterocycles. The lowest BCUT2D eigenvalue weighted by atomic mass is 9.80. The highest BCUT2D eigenvalue weighted by molar-refractivity contribution is 6.82. The van der Waals surface area contributed by atoms with Crippen molar-refractivity contribution in [2.45, 2.75) is 97.1 Å². The first-order valence-corrected chi connectivity index (χ1v) is 13.3. The third kappa shape index (κ3) is 3.31. The van der Waals surface area contributed by atoms with Gasteiger partial charge in [-0.05, 0) is 56.6 Å². The summed E-state index contributed by atoms with van der Waals surface area (Å²) in [6.07, 6.45) is 4.06. The lowest BCUT2D eigenvalue weighted by Crippen LogP contribution is -2.51. The summed E-state index contributed by atoms with van der Waals surface area (Å²) in [5, 5.41) is 1.67. The topological polar surface area (TPSA) is 36.3 Å². The van der Waals surface area contributed by atoms with Crippen molar-refractivity contribution in [3.05, 3.63) is 23.5 Å². The van der Waals surface area contributed by atoms with Gasteiger partial charge in [-0.25, -0.2) is 4.98 Å². The number of hydrogen-bond acceptors (Lipinski definition) is 3. The van der Waals surface area contributed by atoms with Crippen molar-refractivity contribution in [3.63, 3.8) is 0 Å². The van der Waals surface area contributed by atoms with Gasteiger partial charge in [0, 0.05) is 17.0 Å². The Balaban J connectivity index is 2.14. The third-order valence-electron chi connectivity index (χ3n) is 7.37. The molecule has 0 atom stereocenters. The van der Waals surface area contributed by atoms with E-state index in [4.69, 9.17) is 25.9 Å². The number of halogens is 1. The second-order valence-electron chi connectivity index (χ2n) is 10.4. The number of pyridine rings is 1. The molecule has 0 aromatic carbocycles. The maximum absolute atomic E-state index is 6.91. The van der Waals surface area contributed by atoms with Gasteiger partial charge in [-0.15, -0.1) is 0 Å². The van der Waals surface area contributed by atoms with Crippen LogP contribution in [-0.4, -0.2) is 35.8 Å². The standard InChI is InChI=1S/C22H36BClN2O2Si/c1-14(2)29(15(3)4,16(5)6)26-12-11-17-19(24)18(13-25-20(17)26)23-27-21(7,8)22(9,10)28-23/h11-16H,1-10H3. The zero-order valence-corrected chi connectivity index (χ0v) is 21.4. The molecule has 2 aromatic rings. The first kappa shape index (κ1) is 22.9. The summed E-state index contributed by atoms with van der Waals surface area (Å²) in [4.78, 5) is 4.91.